The van der Waals surface area contributed by atoms with E-state index in [0.29, 0.717) is 6.04 Å². The molecule has 194 valence electrons. The first kappa shape index (κ1) is 25.7. The molecule has 4 heteroatoms. The maximum Gasteiger partial charge on any atom is 0.254 e. The zero-order valence-corrected chi connectivity index (χ0v) is 23.0. The molecule has 0 N–H and O–H groups in total. The van der Waals surface area contributed by atoms with Gasteiger partial charge in [0.05, 0.1) is 5.69 Å². The lowest BCUT2D eigenvalue weighted by atomic mass is 9.86. The number of hydrogen-bond acceptors (Lipinski definition) is 3. The first-order chi connectivity index (χ1) is 18.0. The summed E-state index contributed by atoms with van der Waals surface area (Å²) >= 11 is 0. The van der Waals surface area contributed by atoms with Crippen molar-refractivity contribution < 1.29 is 4.79 Å². The summed E-state index contributed by atoms with van der Waals surface area (Å²) in [4.78, 5) is 23.6. The third kappa shape index (κ3) is 5.09. The summed E-state index contributed by atoms with van der Waals surface area (Å²) in [7, 11) is 2.21. The molecule has 0 saturated carbocycles. The van der Waals surface area contributed by atoms with E-state index in [0.717, 1.165) is 80.7 Å². The molecule has 1 aliphatic heterocycles. The van der Waals surface area contributed by atoms with Crippen molar-refractivity contribution in [2.75, 3.05) is 20.1 Å². The Bertz CT molecular complexity index is 1250. The fourth-order valence-electron chi connectivity index (χ4n) is 6.43. The lowest BCUT2D eigenvalue weighted by molar-refractivity contribution is 0.0789. The highest BCUT2D eigenvalue weighted by Gasteiger charge is 2.28. The van der Waals surface area contributed by atoms with Crippen LogP contribution in [-0.2, 0) is 25.8 Å². The van der Waals surface area contributed by atoms with Crippen molar-refractivity contribution in [3.05, 3.63) is 87.6 Å². The predicted octanol–water partition coefficient (Wildman–Crippen LogP) is 6.93. The zero-order chi connectivity index (χ0) is 25.9. The molecule has 1 saturated heterocycles. The van der Waals surface area contributed by atoms with Gasteiger partial charge in [-0.15, -0.1) is 0 Å². The van der Waals surface area contributed by atoms with Gasteiger partial charge in [0.25, 0.3) is 5.91 Å². The maximum atomic E-state index is 13.9. The van der Waals surface area contributed by atoms with E-state index < -0.39 is 0 Å². The van der Waals surface area contributed by atoms with Gasteiger partial charge in [-0.1, -0.05) is 56.3 Å². The standard InChI is InChI=1S/C33H41N3O/c1-5-24-14-11-15-25(6-2)32(24)30-21-28(33(37)36-19-9-10-20-36)29(23(3)34-30)22-35(4)31-18-12-16-26-13-7-8-17-27(26)31/h7-8,11,13-15,17,21,31H,5-6,9-10,12,16,18-20,22H2,1-4H3/t31-/m0/s1. The maximum absolute atomic E-state index is 13.9. The van der Waals surface area contributed by atoms with Crippen molar-refractivity contribution in [3.63, 3.8) is 0 Å². The molecule has 0 bridgehead atoms. The van der Waals surface area contributed by atoms with E-state index in [-0.39, 0.29) is 5.91 Å². The second-order valence-corrected chi connectivity index (χ2v) is 10.8. The summed E-state index contributed by atoms with van der Waals surface area (Å²) in [6.45, 7) is 8.93. The predicted molar refractivity (Wildman–Crippen MR) is 152 cm³/mol. The fraction of sp³-hybridized carbons (Fsp3) is 0.455. The first-order valence-electron chi connectivity index (χ1n) is 14.2. The van der Waals surface area contributed by atoms with Gasteiger partial charge >= 0.3 is 0 Å². The van der Waals surface area contributed by atoms with E-state index in [1.165, 1.54) is 34.2 Å². The molecule has 1 fully saturated rings. The normalized spacial score (nSPS) is 17.3. The van der Waals surface area contributed by atoms with Crippen LogP contribution in [0.2, 0.25) is 0 Å². The lowest BCUT2D eigenvalue weighted by Gasteiger charge is -2.34. The van der Waals surface area contributed by atoms with Gasteiger partial charge < -0.3 is 4.90 Å². The average molecular weight is 496 g/mol. The molecule has 1 atom stereocenters. The van der Waals surface area contributed by atoms with E-state index in [1.54, 1.807) is 0 Å². The molecule has 1 aliphatic carbocycles. The number of carbonyl (C=O) groups excluding carboxylic acids is 1. The van der Waals surface area contributed by atoms with Crippen LogP contribution in [0, 0.1) is 6.92 Å². The lowest BCUT2D eigenvalue weighted by Crippen LogP contribution is -2.32. The molecule has 3 aromatic rings. The number of hydrogen-bond donors (Lipinski definition) is 0. The minimum atomic E-state index is 0.170. The number of rotatable bonds is 7. The SMILES string of the molecule is CCc1cccc(CC)c1-c1cc(C(=O)N2CCCC2)c(CN(C)[C@H]2CCCc3ccccc32)c(C)n1. The van der Waals surface area contributed by atoms with Crippen LogP contribution in [0.3, 0.4) is 0 Å². The second-order valence-electron chi connectivity index (χ2n) is 10.8. The smallest absolute Gasteiger partial charge is 0.254 e. The molecule has 4 nitrogen and oxygen atoms in total. The van der Waals surface area contributed by atoms with Crippen LogP contribution in [0.5, 0.6) is 0 Å². The zero-order valence-electron chi connectivity index (χ0n) is 23.0. The van der Waals surface area contributed by atoms with E-state index >= 15 is 0 Å². The third-order valence-corrected chi connectivity index (χ3v) is 8.49. The first-order valence-corrected chi connectivity index (χ1v) is 14.2. The summed E-state index contributed by atoms with van der Waals surface area (Å²) in [5.74, 6) is 0.170. The number of carbonyl (C=O) groups is 1. The van der Waals surface area contributed by atoms with Gasteiger partial charge in [0.1, 0.15) is 0 Å². The number of fused-ring (bicyclic) bond motifs is 1. The van der Waals surface area contributed by atoms with Gasteiger partial charge in [-0.05, 0) is 87.2 Å². The molecular formula is C33H41N3O. The molecule has 2 aliphatic rings. The molecule has 2 heterocycles. The Morgan fingerprint density at radius 1 is 1.00 bits per heavy atom. The van der Waals surface area contributed by atoms with E-state index in [9.17, 15) is 4.79 Å². The Labute approximate surface area is 222 Å². The molecule has 2 aromatic carbocycles. The van der Waals surface area contributed by atoms with Crippen molar-refractivity contribution in [3.8, 4) is 11.3 Å². The molecule has 1 aromatic heterocycles. The van der Waals surface area contributed by atoms with Crippen LogP contribution in [0.15, 0.2) is 48.5 Å². The molecule has 5 rings (SSSR count). The minimum Gasteiger partial charge on any atom is -0.339 e. The molecule has 0 radical (unpaired) electrons. The van der Waals surface area contributed by atoms with Gasteiger partial charge in [-0.2, -0.15) is 0 Å². The van der Waals surface area contributed by atoms with Crippen molar-refractivity contribution in [2.24, 2.45) is 0 Å². The highest BCUT2D eigenvalue weighted by Crippen LogP contribution is 2.36. The number of pyridine rings is 1. The Morgan fingerprint density at radius 2 is 1.70 bits per heavy atom. The largest absolute Gasteiger partial charge is 0.339 e. The summed E-state index contributed by atoms with van der Waals surface area (Å²) in [6.07, 6.45) is 7.60. The monoisotopic (exact) mass is 495 g/mol. The van der Waals surface area contributed by atoms with E-state index in [4.69, 9.17) is 4.98 Å². The van der Waals surface area contributed by atoms with Gasteiger partial charge in [0.15, 0.2) is 0 Å². The van der Waals surface area contributed by atoms with Crippen LogP contribution >= 0.6 is 0 Å². The molecule has 0 unspecified atom stereocenters. The van der Waals surface area contributed by atoms with Crippen molar-refractivity contribution in [1.29, 1.82) is 0 Å². The Kier molecular flexibility index (Phi) is 7.76. The minimum absolute atomic E-state index is 0.170. The van der Waals surface area contributed by atoms with Crippen LogP contribution in [0.4, 0.5) is 0 Å². The Balaban J connectivity index is 1.58. The van der Waals surface area contributed by atoms with Crippen LogP contribution in [0.25, 0.3) is 11.3 Å². The number of benzene rings is 2. The second kappa shape index (κ2) is 11.2. The van der Waals surface area contributed by atoms with Crippen molar-refractivity contribution in [2.45, 2.75) is 78.3 Å². The summed E-state index contributed by atoms with van der Waals surface area (Å²) < 4.78 is 0. The summed E-state index contributed by atoms with van der Waals surface area (Å²) in [5.41, 5.74) is 10.6. The molecule has 37 heavy (non-hydrogen) atoms. The molecular weight excluding hydrogens is 454 g/mol. The van der Waals surface area contributed by atoms with Crippen LogP contribution in [-0.4, -0.2) is 40.8 Å². The quantitative estimate of drug-likeness (QED) is 0.357. The average Bonchev–Trinajstić information content (AvgIpc) is 3.48. The van der Waals surface area contributed by atoms with Gasteiger partial charge in [0, 0.05) is 48.1 Å². The highest BCUT2D eigenvalue weighted by atomic mass is 16.2. The van der Waals surface area contributed by atoms with Gasteiger partial charge in [0.2, 0.25) is 0 Å². The topological polar surface area (TPSA) is 36.4 Å². The van der Waals surface area contributed by atoms with E-state index in [2.05, 4.69) is 81.2 Å². The Morgan fingerprint density at radius 3 is 2.41 bits per heavy atom. The Hall–Kier alpha value is -2.98. The number of likely N-dealkylation sites (tertiary alicyclic amines) is 1. The third-order valence-electron chi connectivity index (χ3n) is 8.49. The van der Waals surface area contributed by atoms with Gasteiger partial charge in [-0.25, -0.2) is 0 Å². The molecule has 1 amide bonds. The fourth-order valence-corrected chi connectivity index (χ4v) is 6.43. The van der Waals surface area contributed by atoms with Crippen LogP contribution < -0.4 is 0 Å². The number of aryl methyl sites for hydroxylation is 4. The number of nitrogens with zero attached hydrogens (tertiary/aromatic N) is 3. The number of aromatic nitrogens is 1. The van der Waals surface area contributed by atoms with E-state index in [1.807, 2.05) is 4.90 Å². The number of amides is 1. The molecule has 0 spiro atoms. The summed E-state index contributed by atoms with van der Waals surface area (Å²) in [5, 5.41) is 0. The summed E-state index contributed by atoms with van der Waals surface area (Å²) in [6, 6.07) is 17.9. The van der Waals surface area contributed by atoms with Crippen LogP contribution in [0.1, 0.15) is 89.4 Å². The van der Waals surface area contributed by atoms with Gasteiger partial charge in [-0.3, -0.25) is 14.7 Å². The van der Waals surface area contributed by atoms with Crippen molar-refractivity contribution >= 4 is 5.91 Å². The van der Waals surface area contributed by atoms with Crippen molar-refractivity contribution in [1.82, 2.24) is 14.8 Å². The highest BCUT2D eigenvalue weighted by molar-refractivity contribution is 5.97.